The molecule has 1 aromatic heterocycles. The summed E-state index contributed by atoms with van der Waals surface area (Å²) in [5, 5.41) is 2.89. The second kappa shape index (κ2) is 5.54. The van der Waals surface area contributed by atoms with Gasteiger partial charge >= 0.3 is 5.97 Å². The van der Waals surface area contributed by atoms with Crippen molar-refractivity contribution in [3.8, 4) is 0 Å². The average Bonchev–Trinajstić information content (AvgIpc) is 2.58. The molecular formula is C10H13NO2S. The summed E-state index contributed by atoms with van der Waals surface area (Å²) in [6, 6.07) is 0. The van der Waals surface area contributed by atoms with Gasteiger partial charge in [-0.05, 0) is 19.4 Å². The molecular weight excluding hydrogens is 198 g/mol. The third kappa shape index (κ3) is 3.70. The number of esters is 1. The van der Waals surface area contributed by atoms with Crippen molar-refractivity contribution < 1.29 is 9.53 Å². The van der Waals surface area contributed by atoms with E-state index in [1.165, 1.54) is 6.08 Å². The van der Waals surface area contributed by atoms with Crippen LogP contribution < -0.4 is 0 Å². The maximum absolute atomic E-state index is 11.0. The molecule has 1 heterocycles. The Bertz CT molecular complexity index is 331. The number of thiazole rings is 1. The highest BCUT2D eigenvalue weighted by atomic mass is 32.1. The van der Waals surface area contributed by atoms with Crippen LogP contribution in [0.2, 0.25) is 0 Å². The summed E-state index contributed by atoms with van der Waals surface area (Å²) in [5.41, 5.74) is 0.806. The van der Waals surface area contributed by atoms with Crippen LogP contribution in [0, 0.1) is 6.92 Å². The van der Waals surface area contributed by atoms with E-state index in [0.717, 1.165) is 17.1 Å². The highest BCUT2D eigenvalue weighted by molar-refractivity contribution is 7.09. The Kier molecular flexibility index (Phi) is 4.32. The van der Waals surface area contributed by atoms with Gasteiger partial charge in [-0.2, -0.15) is 0 Å². The fourth-order valence-electron chi connectivity index (χ4n) is 0.861. The Balaban J connectivity index is 2.43. The first kappa shape index (κ1) is 10.9. The van der Waals surface area contributed by atoms with Crippen LogP contribution in [0.25, 0.3) is 6.08 Å². The van der Waals surface area contributed by atoms with Crippen LogP contribution in [0.1, 0.15) is 24.0 Å². The fraction of sp³-hybridized carbons (Fsp3) is 0.400. The maximum Gasteiger partial charge on any atom is 0.330 e. The Hall–Kier alpha value is -1.16. The van der Waals surface area contributed by atoms with Gasteiger partial charge in [0.15, 0.2) is 0 Å². The standard InChI is InChI=1S/C10H13NO2S/c1-3-6-13-10(12)5-4-9-7-14-8(2)11-9/h4-5,7H,3,6H2,1-2H3. The molecule has 0 aromatic carbocycles. The van der Waals surface area contributed by atoms with E-state index in [4.69, 9.17) is 4.74 Å². The molecule has 3 nitrogen and oxygen atoms in total. The van der Waals surface area contributed by atoms with Crippen LogP contribution in [0.4, 0.5) is 0 Å². The lowest BCUT2D eigenvalue weighted by Gasteiger charge is -1.96. The van der Waals surface area contributed by atoms with Crippen molar-refractivity contribution in [2.75, 3.05) is 6.61 Å². The second-order valence-electron chi connectivity index (χ2n) is 2.79. The van der Waals surface area contributed by atoms with E-state index in [1.807, 2.05) is 19.2 Å². The Morgan fingerprint density at radius 3 is 3.07 bits per heavy atom. The molecule has 0 N–H and O–H groups in total. The zero-order chi connectivity index (χ0) is 10.4. The summed E-state index contributed by atoms with van der Waals surface area (Å²) in [6.45, 7) is 4.36. The molecule has 76 valence electrons. The molecule has 0 aliphatic rings. The number of aromatic nitrogens is 1. The van der Waals surface area contributed by atoms with Crippen molar-refractivity contribution in [2.45, 2.75) is 20.3 Å². The van der Waals surface area contributed by atoms with Gasteiger partial charge in [0.2, 0.25) is 0 Å². The fourth-order valence-corrected chi connectivity index (χ4v) is 1.44. The number of aryl methyl sites for hydroxylation is 1. The zero-order valence-corrected chi connectivity index (χ0v) is 9.13. The van der Waals surface area contributed by atoms with Crippen LogP contribution >= 0.6 is 11.3 Å². The molecule has 4 heteroatoms. The smallest absolute Gasteiger partial charge is 0.330 e. The summed E-state index contributed by atoms with van der Waals surface area (Å²) < 4.78 is 4.87. The number of carbonyl (C=O) groups excluding carboxylic acids is 1. The summed E-state index contributed by atoms with van der Waals surface area (Å²) >= 11 is 1.56. The number of hydrogen-bond acceptors (Lipinski definition) is 4. The molecule has 14 heavy (non-hydrogen) atoms. The van der Waals surface area contributed by atoms with Gasteiger partial charge in [0.1, 0.15) is 0 Å². The third-order valence-electron chi connectivity index (χ3n) is 1.48. The molecule has 0 spiro atoms. The average molecular weight is 211 g/mol. The van der Waals surface area contributed by atoms with E-state index in [0.29, 0.717) is 6.61 Å². The summed E-state index contributed by atoms with van der Waals surface area (Å²) in [5.74, 6) is -0.308. The maximum atomic E-state index is 11.0. The number of carbonyl (C=O) groups is 1. The molecule has 0 atom stereocenters. The minimum atomic E-state index is -0.308. The van der Waals surface area contributed by atoms with Gasteiger partial charge in [-0.3, -0.25) is 0 Å². The second-order valence-corrected chi connectivity index (χ2v) is 3.85. The summed E-state index contributed by atoms with van der Waals surface area (Å²) in [4.78, 5) is 15.2. The molecule has 0 amide bonds. The van der Waals surface area contributed by atoms with Crippen molar-refractivity contribution in [2.24, 2.45) is 0 Å². The lowest BCUT2D eigenvalue weighted by molar-refractivity contribution is -0.137. The van der Waals surface area contributed by atoms with Gasteiger partial charge in [0.05, 0.1) is 17.3 Å². The normalized spacial score (nSPS) is 10.7. The van der Waals surface area contributed by atoms with Gasteiger partial charge in [0, 0.05) is 11.5 Å². The summed E-state index contributed by atoms with van der Waals surface area (Å²) in [6.07, 6.45) is 3.92. The molecule has 0 saturated heterocycles. The van der Waals surface area contributed by atoms with Crippen molar-refractivity contribution in [3.63, 3.8) is 0 Å². The van der Waals surface area contributed by atoms with E-state index < -0.39 is 0 Å². The third-order valence-corrected chi connectivity index (χ3v) is 2.27. The molecule has 1 rings (SSSR count). The van der Waals surface area contributed by atoms with E-state index in [-0.39, 0.29) is 5.97 Å². The van der Waals surface area contributed by atoms with Crippen LogP contribution in [0.5, 0.6) is 0 Å². The minimum absolute atomic E-state index is 0.308. The van der Waals surface area contributed by atoms with Gasteiger partial charge in [-0.1, -0.05) is 6.92 Å². The van der Waals surface area contributed by atoms with Gasteiger partial charge in [-0.15, -0.1) is 11.3 Å². The first-order valence-electron chi connectivity index (χ1n) is 4.49. The SMILES string of the molecule is CCCOC(=O)C=Cc1csc(C)n1. The highest BCUT2D eigenvalue weighted by Gasteiger charge is 1.97. The molecule has 0 aliphatic heterocycles. The molecule has 0 unspecified atom stereocenters. The van der Waals surface area contributed by atoms with Crippen LogP contribution in [0.3, 0.4) is 0 Å². The van der Waals surface area contributed by atoms with Gasteiger partial charge in [-0.25, -0.2) is 9.78 Å². The van der Waals surface area contributed by atoms with Crippen molar-refractivity contribution in [3.05, 3.63) is 22.2 Å². The zero-order valence-electron chi connectivity index (χ0n) is 8.32. The molecule has 0 radical (unpaired) electrons. The van der Waals surface area contributed by atoms with Gasteiger partial charge in [0.25, 0.3) is 0 Å². The minimum Gasteiger partial charge on any atom is -0.463 e. The van der Waals surface area contributed by atoms with Crippen molar-refractivity contribution in [1.82, 2.24) is 4.98 Å². The predicted molar refractivity (Wildman–Crippen MR) is 57.1 cm³/mol. The molecule has 0 fully saturated rings. The van der Waals surface area contributed by atoms with Crippen LogP contribution in [-0.4, -0.2) is 17.6 Å². The topological polar surface area (TPSA) is 39.2 Å². The number of ether oxygens (including phenoxy) is 1. The molecule has 0 bridgehead atoms. The quantitative estimate of drug-likeness (QED) is 0.567. The Morgan fingerprint density at radius 1 is 1.71 bits per heavy atom. The van der Waals surface area contributed by atoms with Crippen LogP contribution in [0.15, 0.2) is 11.5 Å². The first-order chi connectivity index (χ1) is 6.72. The Morgan fingerprint density at radius 2 is 2.50 bits per heavy atom. The largest absolute Gasteiger partial charge is 0.463 e. The molecule has 0 saturated carbocycles. The van der Waals surface area contributed by atoms with E-state index in [2.05, 4.69) is 4.98 Å². The Labute approximate surface area is 87.4 Å². The predicted octanol–water partition coefficient (Wildman–Crippen LogP) is 2.42. The molecule has 1 aromatic rings. The van der Waals surface area contributed by atoms with Gasteiger partial charge < -0.3 is 4.74 Å². The first-order valence-corrected chi connectivity index (χ1v) is 5.37. The van der Waals surface area contributed by atoms with Crippen molar-refractivity contribution >= 4 is 23.4 Å². The highest BCUT2D eigenvalue weighted by Crippen LogP contribution is 2.09. The van der Waals surface area contributed by atoms with E-state index in [1.54, 1.807) is 17.4 Å². The van der Waals surface area contributed by atoms with E-state index in [9.17, 15) is 4.79 Å². The number of nitrogens with zero attached hydrogens (tertiary/aromatic N) is 1. The summed E-state index contributed by atoms with van der Waals surface area (Å²) in [7, 11) is 0. The monoisotopic (exact) mass is 211 g/mol. The van der Waals surface area contributed by atoms with Crippen LogP contribution in [-0.2, 0) is 9.53 Å². The lowest BCUT2D eigenvalue weighted by atomic mass is 10.4. The number of hydrogen-bond donors (Lipinski definition) is 0. The number of rotatable bonds is 4. The lowest BCUT2D eigenvalue weighted by Crippen LogP contribution is -2.00. The van der Waals surface area contributed by atoms with Crippen molar-refractivity contribution in [1.29, 1.82) is 0 Å². The van der Waals surface area contributed by atoms with E-state index >= 15 is 0 Å². The molecule has 0 aliphatic carbocycles.